The molecule has 2 fully saturated rings. The van der Waals surface area contributed by atoms with E-state index in [1.807, 2.05) is 6.08 Å². The average Bonchev–Trinajstić information content (AvgIpc) is 3.41. The predicted molar refractivity (Wildman–Crippen MR) is 142 cm³/mol. The van der Waals surface area contributed by atoms with Crippen molar-refractivity contribution >= 4 is 45.6 Å². The molecule has 1 atom stereocenters. The number of anilines is 3. The fraction of sp³-hybridized carbons (Fsp3) is 0.370. The summed E-state index contributed by atoms with van der Waals surface area (Å²) in [6, 6.07) is 7.90. The Morgan fingerprint density at radius 1 is 1.22 bits per heavy atom. The van der Waals surface area contributed by atoms with Gasteiger partial charge in [0, 0.05) is 36.2 Å². The fourth-order valence-electron chi connectivity index (χ4n) is 4.50. The maximum absolute atomic E-state index is 13.6. The number of carbonyl (C=O) groups is 1. The second-order valence-electron chi connectivity index (χ2n) is 9.20. The van der Waals surface area contributed by atoms with Gasteiger partial charge in [-0.25, -0.2) is 14.4 Å². The summed E-state index contributed by atoms with van der Waals surface area (Å²) >= 11 is 5.94. The van der Waals surface area contributed by atoms with Gasteiger partial charge < -0.3 is 20.1 Å². The SMILES string of the molecule is O=C(/C=C/CN1CCCCC1)Nc1cc2c(Nc3ccc(F)c(Cl)c3)ncnc2cc1OC1CCOC1. The number of hydrogen-bond donors (Lipinski definition) is 2. The summed E-state index contributed by atoms with van der Waals surface area (Å²) in [5, 5.41) is 6.78. The number of hydrogen-bond acceptors (Lipinski definition) is 7. The number of amides is 1. The van der Waals surface area contributed by atoms with Crippen molar-refractivity contribution in [3.05, 3.63) is 59.7 Å². The lowest BCUT2D eigenvalue weighted by molar-refractivity contribution is -0.111. The Balaban J connectivity index is 1.41. The molecule has 1 amide bonds. The Hall–Kier alpha value is -3.27. The summed E-state index contributed by atoms with van der Waals surface area (Å²) in [6.45, 7) is 4.00. The largest absolute Gasteiger partial charge is 0.486 e. The maximum Gasteiger partial charge on any atom is 0.248 e. The van der Waals surface area contributed by atoms with E-state index in [2.05, 4.69) is 25.5 Å². The quantitative estimate of drug-likeness (QED) is 0.385. The van der Waals surface area contributed by atoms with Crippen molar-refractivity contribution in [3.8, 4) is 5.75 Å². The van der Waals surface area contributed by atoms with E-state index in [1.165, 1.54) is 37.7 Å². The summed E-state index contributed by atoms with van der Waals surface area (Å²) in [4.78, 5) is 23.9. The van der Waals surface area contributed by atoms with Gasteiger partial charge in [-0.05, 0) is 50.2 Å². The Morgan fingerprint density at radius 2 is 2.08 bits per heavy atom. The summed E-state index contributed by atoms with van der Waals surface area (Å²) < 4.78 is 25.3. The molecule has 2 aromatic carbocycles. The van der Waals surface area contributed by atoms with Crippen molar-refractivity contribution in [3.63, 3.8) is 0 Å². The van der Waals surface area contributed by atoms with Crippen LogP contribution in [0.2, 0.25) is 5.02 Å². The average molecular weight is 526 g/mol. The first-order valence-electron chi connectivity index (χ1n) is 12.5. The molecule has 194 valence electrons. The molecule has 2 saturated heterocycles. The Morgan fingerprint density at radius 3 is 2.86 bits per heavy atom. The summed E-state index contributed by atoms with van der Waals surface area (Å²) in [6.07, 6.45) is 9.21. The van der Waals surface area contributed by atoms with E-state index < -0.39 is 5.82 Å². The number of aromatic nitrogens is 2. The zero-order chi connectivity index (χ0) is 25.6. The van der Waals surface area contributed by atoms with Crippen LogP contribution in [0.4, 0.5) is 21.6 Å². The third kappa shape index (κ3) is 6.54. The first-order valence-corrected chi connectivity index (χ1v) is 12.9. The van der Waals surface area contributed by atoms with Gasteiger partial charge in [-0.2, -0.15) is 0 Å². The van der Waals surface area contributed by atoms with Crippen LogP contribution in [0.3, 0.4) is 0 Å². The highest BCUT2D eigenvalue weighted by atomic mass is 35.5. The first kappa shape index (κ1) is 25.4. The van der Waals surface area contributed by atoms with Crippen molar-refractivity contribution in [2.24, 2.45) is 0 Å². The Bertz CT molecular complexity index is 1290. The molecule has 1 aromatic heterocycles. The Labute approximate surface area is 219 Å². The summed E-state index contributed by atoms with van der Waals surface area (Å²) in [5.74, 6) is 0.242. The van der Waals surface area contributed by atoms with Gasteiger partial charge in [-0.3, -0.25) is 9.69 Å². The van der Waals surface area contributed by atoms with Crippen LogP contribution in [0.15, 0.2) is 48.8 Å². The normalized spacial score (nSPS) is 18.4. The molecule has 0 radical (unpaired) electrons. The van der Waals surface area contributed by atoms with Crippen LogP contribution in [0.5, 0.6) is 5.75 Å². The van der Waals surface area contributed by atoms with Gasteiger partial charge >= 0.3 is 0 Å². The third-order valence-corrected chi connectivity index (χ3v) is 6.73. The van der Waals surface area contributed by atoms with Gasteiger partial charge in [0.25, 0.3) is 0 Å². The number of nitrogens with zero attached hydrogens (tertiary/aromatic N) is 3. The van der Waals surface area contributed by atoms with Crippen molar-refractivity contribution in [1.82, 2.24) is 14.9 Å². The zero-order valence-corrected chi connectivity index (χ0v) is 21.1. The van der Waals surface area contributed by atoms with Crippen LogP contribution < -0.4 is 15.4 Å². The minimum atomic E-state index is -0.504. The van der Waals surface area contributed by atoms with Crippen molar-refractivity contribution in [2.75, 3.05) is 43.5 Å². The molecular weight excluding hydrogens is 497 g/mol. The van der Waals surface area contributed by atoms with Gasteiger partial charge in [-0.1, -0.05) is 24.1 Å². The van der Waals surface area contributed by atoms with Gasteiger partial charge in [0.2, 0.25) is 5.91 Å². The van der Waals surface area contributed by atoms with Crippen LogP contribution in [0.25, 0.3) is 10.9 Å². The highest BCUT2D eigenvalue weighted by molar-refractivity contribution is 6.31. The van der Waals surface area contributed by atoms with Gasteiger partial charge in [0.05, 0.1) is 29.4 Å². The number of fused-ring (bicyclic) bond motifs is 1. The van der Waals surface area contributed by atoms with E-state index >= 15 is 0 Å². The highest BCUT2D eigenvalue weighted by Gasteiger charge is 2.21. The molecule has 5 rings (SSSR count). The lowest BCUT2D eigenvalue weighted by atomic mass is 10.1. The second kappa shape index (κ2) is 11.9. The number of carbonyl (C=O) groups excluding carboxylic acids is 1. The third-order valence-electron chi connectivity index (χ3n) is 6.44. The second-order valence-corrected chi connectivity index (χ2v) is 9.61. The number of halogens is 2. The van der Waals surface area contributed by atoms with Crippen LogP contribution in [-0.4, -0.2) is 59.7 Å². The molecule has 2 aliphatic rings. The molecule has 10 heteroatoms. The van der Waals surface area contributed by atoms with Gasteiger partial charge in [0.1, 0.15) is 29.8 Å². The Kier molecular flexibility index (Phi) is 8.13. The number of benzene rings is 2. The van der Waals surface area contributed by atoms with E-state index in [4.69, 9.17) is 21.1 Å². The fourth-order valence-corrected chi connectivity index (χ4v) is 4.68. The monoisotopic (exact) mass is 525 g/mol. The molecule has 8 nitrogen and oxygen atoms in total. The number of rotatable bonds is 8. The number of ether oxygens (including phenoxy) is 2. The van der Waals surface area contributed by atoms with Crippen LogP contribution >= 0.6 is 11.6 Å². The lowest BCUT2D eigenvalue weighted by Crippen LogP contribution is -2.29. The van der Waals surface area contributed by atoms with Crippen LogP contribution in [0.1, 0.15) is 25.7 Å². The van der Waals surface area contributed by atoms with E-state index in [0.29, 0.717) is 47.1 Å². The molecule has 0 spiro atoms. The van der Waals surface area contributed by atoms with Crippen molar-refractivity contribution < 1.29 is 18.7 Å². The lowest BCUT2D eigenvalue weighted by Gasteiger charge is -2.24. The molecule has 1 unspecified atom stereocenters. The van der Waals surface area contributed by atoms with Gasteiger partial charge in [0.15, 0.2) is 0 Å². The van der Waals surface area contributed by atoms with Crippen molar-refractivity contribution in [1.29, 1.82) is 0 Å². The molecule has 2 N–H and O–H groups in total. The number of likely N-dealkylation sites (tertiary alicyclic amines) is 1. The predicted octanol–water partition coefficient (Wildman–Crippen LogP) is 5.31. The summed E-state index contributed by atoms with van der Waals surface area (Å²) in [5.41, 5.74) is 1.70. The van der Waals surface area contributed by atoms with E-state index in [0.717, 1.165) is 26.1 Å². The molecule has 2 aliphatic heterocycles. The smallest absolute Gasteiger partial charge is 0.248 e. The van der Waals surface area contributed by atoms with E-state index in [-0.39, 0.29) is 17.0 Å². The first-order chi connectivity index (χ1) is 18.0. The standard InChI is InChI=1S/C27H29ClFN5O3/c28-21-13-18(6-7-22(21)29)32-27-20-14-24(33-26(35)5-4-11-34-9-2-1-3-10-34)25(15-23(20)30-17-31-27)37-19-8-12-36-16-19/h4-7,13-15,17,19H,1-3,8-12,16H2,(H,33,35)(H,30,31,32)/b5-4+. The molecule has 3 heterocycles. The maximum atomic E-state index is 13.6. The molecule has 37 heavy (non-hydrogen) atoms. The number of nitrogens with one attached hydrogen (secondary N) is 2. The molecular formula is C27H29ClFN5O3. The van der Waals surface area contributed by atoms with Crippen molar-refractivity contribution in [2.45, 2.75) is 31.8 Å². The zero-order valence-electron chi connectivity index (χ0n) is 20.4. The molecule has 0 bridgehead atoms. The number of piperidine rings is 1. The van der Waals surface area contributed by atoms with Crippen LogP contribution in [-0.2, 0) is 9.53 Å². The summed E-state index contributed by atoms with van der Waals surface area (Å²) in [7, 11) is 0. The van der Waals surface area contributed by atoms with E-state index in [9.17, 15) is 9.18 Å². The highest BCUT2D eigenvalue weighted by Crippen LogP contribution is 2.35. The molecule has 0 saturated carbocycles. The van der Waals surface area contributed by atoms with E-state index in [1.54, 1.807) is 24.3 Å². The molecule has 0 aliphatic carbocycles. The minimum Gasteiger partial charge on any atom is -0.486 e. The molecule has 3 aromatic rings. The van der Waals surface area contributed by atoms with Gasteiger partial charge in [-0.15, -0.1) is 0 Å². The topological polar surface area (TPSA) is 88.6 Å². The van der Waals surface area contributed by atoms with Crippen LogP contribution in [0, 0.1) is 5.82 Å². The minimum absolute atomic E-state index is 0.00197.